The molecule has 0 bridgehead atoms. The Balaban J connectivity index is 1.83. The Kier molecular flexibility index (Phi) is 3.77. The number of benzene rings is 1. The maximum absolute atomic E-state index is 12.6. The van der Waals surface area contributed by atoms with Crippen molar-refractivity contribution in [3.05, 3.63) is 29.8 Å². The zero-order valence-corrected chi connectivity index (χ0v) is 13.1. The van der Waals surface area contributed by atoms with Gasteiger partial charge in [0.25, 0.3) is 0 Å². The van der Waals surface area contributed by atoms with Gasteiger partial charge in [-0.3, -0.25) is 0 Å². The molecule has 1 saturated carbocycles. The first-order valence-electron chi connectivity index (χ1n) is 6.97. The lowest BCUT2D eigenvalue weighted by atomic mass is 10.00. The third kappa shape index (κ3) is 2.59. The van der Waals surface area contributed by atoms with Crippen molar-refractivity contribution in [2.75, 3.05) is 13.1 Å². The monoisotopic (exact) mass is 326 g/mol. The van der Waals surface area contributed by atoms with Gasteiger partial charge >= 0.3 is 0 Å². The Bertz CT molecular complexity index is 657. The predicted molar refractivity (Wildman–Crippen MR) is 83.3 cm³/mol. The van der Waals surface area contributed by atoms with Crippen LogP contribution in [0.25, 0.3) is 0 Å². The predicted octanol–water partition coefficient (Wildman–Crippen LogP) is 0.712. The average Bonchev–Trinajstić information content (AvgIpc) is 3.02. The lowest BCUT2D eigenvalue weighted by molar-refractivity contribution is 0.129. The molecule has 1 aliphatic carbocycles. The Morgan fingerprint density at radius 2 is 1.90 bits per heavy atom. The van der Waals surface area contributed by atoms with Gasteiger partial charge < -0.3 is 10.8 Å². The minimum absolute atomic E-state index is 0.0793. The molecule has 5 nitrogen and oxygen atoms in total. The van der Waals surface area contributed by atoms with Gasteiger partial charge in [-0.1, -0.05) is 24.4 Å². The number of sulfonamides is 1. The molecule has 7 heteroatoms. The highest BCUT2D eigenvalue weighted by atomic mass is 32.2. The standard InChI is InChI=1S/C14H18N2O3S2/c15-14(20)9-1-4-11(5-2-9)21(18,19)16-7-10-3-6-13(17)12(10)8-16/h1-2,4-5,10,12-13,17H,3,6-8H2,(H2,15,20). The molecule has 0 aromatic heterocycles. The number of nitrogens with two attached hydrogens (primary N) is 1. The van der Waals surface area contributed by atoms with Gasteiger partial charge in [0.15, 0.2) is 0 Å². The van der Waals surface area contributed by atoms with Gasteiger partial charge in [-0.25, -0.2) is 8.42 Å². The molecule has 3 rings (SSSR count). The van der Waals surface area contributed by atoms with E-state index in [1.807, 2.05) is 0 Å². The minimum Gasteiger partial charge on any atom is -0.393 e. The number of hydrogen-bond acceptors (Lipinski definition) is 4. The zero-order chi connectivity index (χ0) is 15.2. The fourth-order valence-electron chi connectivity index (χ4n) is 3.33. The van der Waals surface area contributed by atoms with E-state index in [0.717, 1.165) is 12.8 Å². The third-order valence-corrected chi connectivity index (χ3v) is 6.64. The molecule has 21 heavy (non-hydrogen) atoms. The molecular formula is C14H18N2O3S2. The third-order valence-electron chi connectivity index (χ3n) is 4.56. The summed E-state index contributed by atoms with van der Waals surface area (Å²) in [7, 11) is -3.51. The lowest BCUT2D eigenvalue weighted by Gasteiger charge is -2.18. The summed E-state index contributed by atoms with van der Waals surface area (Å²) >= 11 is 4.86. The Hall–Kier alpha value is -1.02. The second kappa shape index (κ2) is 5.31. The number of hydrogen-bond donors (Lipinski definition) is 2. The number of rotatable bonds is 3. The molecule has 0 spiro atoms. The van der Waals surface area contributed by atoms with Crippen LogP contribution in [0, 0.1) is 11.8 Å². The summed E-state index contributed by atoms with van der Waals surface area (Å²) in [5.74, 6) is 0.362. The van der Waals surface area contributed by atoms with Crippen LogP contribution in [-0.4, -0.2) is 42.0 Å². The largest absolute Gasteiger partial charge is 0.393 e. The number of thiocarbonyl (C=S) groups is 1. The topological polar surface area (TPSA) is 83.6 Å². The molecule has 0 radical (unpaired) electrons. The normalized spacial score (nSPS) is 29.5. The first-order chi connectivity index (χ1) is 9.89. The van der Waals surface area contributed by atoms with E-state index in [2.05, 4.69) is 0 Å². The van der Waals surface area contributed by atoms with E-state index in [4.69, 9.17) is 18.0 Å². The minimum atomic E-state index is -3.51. The Morgan fingerprint density at radius 1 is 1.24 bits per heavy atom. The lowest BCUT2D eigenvalue weighted by Crippen LogP contribution is -2.31. The van der Waals surface area contributed by atoms with Gasteiger partial charge in [0.05, 0.1) is 11.0 Å². The van der Waals surface area contributed by atoms with E-state index < -0.39 is 10.0 Å². The molecule has 2 fully saturated rings. The molecule has 3 unspecified atom stereocenters. The second-order valence-corrected chi connectivity index (χ2v) is 8.16. The number of fused-ring (bicyclic) bond motifs is 1. The highest BCUT2D eigenvalue weighted by molar-refractivity contribution is 7.89. The molecular weight excluding hydrogens is 308 g/mol. The maximum atomic E-state index is 12.6. The van der Waals surface area contributed by atoms with Crippen LogP contribution in [0.5, 0.6) is 0 Å². The van der Waals surface area contributed by atoms with Crippen LogP contribution in [0.4, 0.5) is 0 Å². The van der Waals surface area contributed by atoms with Crippen molar-refractivity contribution in [3.63, 3.8) is 0 Å². The molecule has 1 aromatic carbocycles. The van der Waals surface area contributed by atoms with Crippen LogP contribution in [0.15, 0.2) is 29.2 Å². The van der Waals surface area contributed by atoms with Gasteiger partial charge in [-0.15, -0.1) is 0 Å². The first kappa shape index (κ1) is 14.9. The summed E-state index contributed by atoms with van der Waals surface area (Å²) in [6.45, 7) is 0.909. The fraction of sp³-hybridized carbons (Fsp3) is 0.500. The number of aliphatic hydroxyl groups is 1. The molecule has 114 valence electrons. The van der Waals surface area contributed by atoms with Crippen molar-refractivity contribution in [1.82, 2.24) is 4.31 Å². The molecule has 3 N–H and O–H groups in total. The highest BCUT2D eigenvalue weighted by Crippen LogP contribution is 2.40. The van der Waals surface area contributed by atoms with Gasteiger partial charge in [-0.05, 0) is 30.9 Å². The summed E-state index contributed by atoms with van der Waals surface area (Å²) < 4.78 is 26.8. The molecule has 3 atom stereocenters. The fourth-order valence-corrected chi connectivity index (χ4v) is 5.00. The summed E-state index contributed by atoms with van der Waals surface area (Å²) in [5, 5.41) is 9.90. The SMILES string of the molecule is NC(=S)c1ccc(S(=O)(=O)N2CC3CCC(O)C3C2)cc1. The summed E-state index contributed by atoms with van der Waals surface area (Å²) in [5.41, 5.74) is 6.17. The van der Waals surface area contributed by atoms with Crippen molar-refractivity contribution in [2.45, 2.75) is 23.8 Å². The van der Waals surface area contributed by atoms with Crippen molar-refractivity contribution in [3.8, 4) is 0 Å². The Morgan fingerprint density at radius 3 is 2.48 bits per heavy atom. The van der Waals surface area contributed by atoms with Crippen LogP contribution in [0.1, 0.15) is 18.4 Å². The smallest absolute Gasteiger partial charge is 0.243 e. The molecule has 2 aliphatic rings. The molecule has 1 aliphatic heterocycles. The number of nitrogens with zero attached hydrogens (tertiary/aromatic N) is 1. The van der Waals surface area contributed by atoms with Gasteiger partial charge in [-0.2, -0.15) is 4.31 Å². The van der Waals surface area contributed by atoms with Crippen LogP contribution in [0.2, 0.25) is 0 Å². The Labute approximate surface area is 129 Å². The van der Waals surface area contributed by atoms with E-state index in [-0.39, 0.29) is 27.8 Å². The van der Waals surface area contributed by atoms with Crippen molar-refractivity contribution in [1.29, 1.82) is 0 Å². The van der Waals surface area contributed by atoms with Gasteiger partial charge in [0, 0.05) is 24.6 Å². The van der Waals surface area contributed by atoms with E-state index in [9.17, 15) is 13.5 Å². The number of aliphatic hydroxyl groups excluding tert-OH is 1. The first-order valence-corrected chi connectivity index (χ1v) is 8.82. The summed E-state index contributed by atoms with van der Waals surface area (Å²) in [6.07, 6.45) is 1.32. The zero-order valence-electron chi connectivity index (χ0n) is 11.5. The van der Waals surface area contributed by atoms with E-state index in [1.165, 1.54) is 16.4 Å². The van der Waals surface area contributed by atoms with E-state index in [0.29, 0.717) is 18.7 Å². The van der Waals surface area contributed by atoms with E-state index in [1.54, 1.807) is 12.1 Å². The quantitative estimate of drug-likeness (QED) is 0.800. The van der Waals surface area contributed by atoms with Crippen molar-refractivity contribution < 1.29 is 13.5 Å². The van der Waals surface area contributed by atoms with Gasteiger partial charge in [0.2, 0.25) is 10.0 Å². The summed E-state index contributed by atoms with van der Waals surface area (Å²) in [6, 6.07) is 6.32. The van der Waals surface area contributed by atoms with Crippen LogP contribution >= 0.6 is 12.2 Å². The van der Waals surface area contributed by atoms with Crippen LogP contribution in [-0.2, 0) is 10.0 Å². The second-order valence-electron chi connectivity index (χ2n) is 5.78. The van der Waals surface area contributed by atoms with Crippen LogP contribution in [0.3, 0.4) is 0 Å². The summed E-state index contributed by atoms with van der Waals surface area (Å²) in [4.78, 5) is 0.495. The average molecular weight is 326 g/mol. The molecule has 1 aromatic rings. The van der Waals surface area contributed by atoms with Gasteiger partial charge in [0.1, 0.15) is 4.99 Å². The molecule has 1 heterocycles. The van der Waals surface area contributed by atoms with Crippen LogP contribution < -0.4 is 5.73 Å². The van der Waals surface area contributed by atoms with Crippen molar-refractivity contribution >= 4 is 27.2 Å². The van der Waals surface area contributed by atoms with E-state index >= 15 is 0 Å². The molecule has 1 saturated heterocycles. The maximum Gasteiger partial charge on any atom is 0.243 e. The highest BCUT2D eigenvalue weighted by Gasteiger charge is 2.45. The molecule has 0 amide bonds. The van der Waals surface area contributed by atoms with Crippen molar-refractivity contribution in [2.24, 2.45) is 17.6 Å².